The molecule has 1 aliphatic rings. The SMILES string of the molecule is NC(CC(=O)N1CC(CNC(=O)c2ccccc2)C1)Cc1ccccc1F. The number of benzene rings is 2. The molecule has 0 bridgehead atoms. The van der Waals surface area contributed by atoms with E-state index in [0.717, 1.165) is 0 Å². The lowest BCUT2D eigenvalue weighted by atomic mass is 9.97. The van der Waals surface area contributed by atoms with Gasteiger partial charge in [0.25, 0.3) is 5.91 Å². The van der Waals surface area contributed by atoms with E-state index < -0.39 is 6.04 Å². The van der Waals surface area contributed by atoms with Crippen LogP contribution >= 0.6 is 0 Å². The number of nitrogens with two attached hydrogens (primary N) is 1. The summed E-state index contributed by atoms with van der Waals surface area (Å²) in [6.07, 6.45) is 0.528. The summed E-state index contributed by atoms with van der Waals surface area (Å²) in [4.78, 5) is 26.0. The molecule has 1 atom stereocenters. The van der Waals surface area contributed by atoms with Gasteiger partial charge in [0.1, 0.15) is 5.82 Å². The monoisotopic (exact) mass is 369 g/mol. The predicted octanol–water partition coefficient (Wildman–Crippen LogP) is 1.97. The Morgan fingerprint density at radius 1 is 1.11 bits per heavy atom. The van der Waals surface area contributed by atoms with Crippen molar-refractivity contribution in [3.8, 4) is 0 Å². The van der Waals surface area contributed by atoms with Crippen LogP contribution in [0.25, 0.3) is 0 Å². The number of hydrogen-bond donors (Lipinski definition) is 2. The van der Waals surface area contributed by atoms with Crippen LogP contribution in [0.5, 0.6) is 0 Å². The van der Waals surface area contributed by atoms with Crippen LogP contribution in [0.4, 0.5) is 4.39 Å². The van der Waals surface area contributed by atoms with Gasteiger partial charge in [-0.3, -0.25) is 9.59 Å². The Bertz CT molecular complexity index is 791. The fourth-order valence-electron chi connectivity index (χ4n) is 3.20. The maximum Gasteiger partial charge on any atom is 0.251 e. The van der Waals surface area contributed by atoms with Gasteiger partial charge < -0.3 is 16.0 Å². The van der Waals surface area contributed by atoms with Gasteiger partial charge in [0.2, 0.25) is 5.91 Å². The third-order valence-electron chi connectivity index (χ3n) is 4.77. The van der Waals surface area contributed by atoms with Crippen LogP contribution in [0.3, 0.4) is 0 Å². The number of likely N-dealkylation sites (tertiary alicyclic amines) is 1. The molecule has 1 aliphatic heterocycles. The van der Waals surface area contributed by atoms with Gasteiger partial charge in [-0.25, -0.2) is 4.39 Å². The Hall–Kier alpha value is -2.73. The standard InChI is InChI=1S/C21H24FN3O2/c22-19-9-5-4-8-17(19)10-18(23)11-20(26)25-13-15(14-25)12-24-21(27)16-6-2-1-3-7-16/h1-9,15,18H,10-14,23H2,(H,24,27). The highest BCUT2D eigenvalue weighted by atomic mass is 19.1. The van der Waals surface area contributed by atoms with E-state index in [1.165, 1.54) is 6.07 Å². The number of carbonyl (C=O) groups is 2. The minimum Gasteiger partial charge on any atom is -0.352 e. The lowest BCUT2D eigenvalue weighted by Crippen LogP contribution is -2.54. The van der Waals surface area contributed by atoms with Crippen LogP contribution in [-0.4, -0.2) is 42.4 Å². The lowest BCUT2D eigenvalue weighted by Gasteiger charge is -2.39. The molecule has 2 aromatic carbocycles. The average Bonchev–Trinajstić information content (AvgIpc) is 2.62. The van der Waals surface area contributed by atoms with E-state index in [1.54, 1.807) is 35.2 Å². The van der Waals surface area contributed by atoms with Crippen molar-refractivity contribution in [2.45, 2.75) is 18.9 Å². The van der Waals surface area contributed by atoms with Crippen molar-refractivity contribution in [1.82, 2.24) is 10.2 Å². The largest absolute Gasteiger partial charge is 0.352 e. The molecular weight excluding hydrogens is 345 g/mol. The topological polar surface area (TPSA) is 75.4 Å². The van der Waals surface area contributed by atoms with Gasteiger partial charge in [-0.1, -0.05) is 36.4 Å². The van der Waals surface area contributed by atoms with Crippen LogP contribution in [0.15, 0.2) is 54.6 Å². The van der Waals surface area contributed by atoms with Crippen LogP contribution in [0.1, 0.15) is 22.3 Å². The number of amides is 2. The smallest absolute Gasteiger partial charge is 0.251 e. The summed E-state index contributed by atoms with van der Waals surface area (Å²) < 4.78 is 13.7. The number of carbonyl (C=O) groups excluding carboxylic acids is 2. The molecule has 0 radical (unpaired) electrons. The first kappa shape index (κ1) is 19.0. The molecule has 2 aromatic rings. The normalized spacial score (nSPS) is 15.1. The summed E-state index contributed by atoms with van der Waals surface area (Å²) in [5.74, 6) is -0.167. The van der Waals surface area contributed by atoms with Crippen LogP contribution in [0.2, 0.25) is 0 Å². The summed E-state index contributed by atoms with van der Waals surface area (Å²) in [5.41, 5.74) is 7.18. The zero-order chi connectivity index (χ0) is 19.2. The number of halogens is 1. The van der Waals surface area contributed by atoms with Gasteiger partial charge in [0.05, 0.1) is 0 Å². The molecule has 0 saturated carbocycles. The number of nitrogens with one attached hydrogen (secondary N) is 1. The molecule has 27 heavy (non-hydrogen) atoms. The molecule has 2 amide bonds. The molecule has 1 fully saturated rings. The molecule has 0 aromatic heterocycles. The molecule has 6 heteroatoms. The summed E-state index contributed by atoms with van der Waals surface area (Å²) >= 11 is 0. The Morgan fingerprint density at radius 3 is 2.48 bits per heavy atom. The van der Waals surface area contributed by atoms with E-state index in [-0.39, 0.29) is 30.0 Å². The summed E-state index contributed by atoms with van der Waals surface area (Å²) in [6.45, 7) is 1.76. The maximum absolute atomic E-state index is 13.7. The predicted molar refractivity (Wildman–Crippen MR) is 102 cm³/mol. The third kappa shape index (κ3) is 5.14. The summed E-state index contributed by atoms with van der Waals surface area (Å²) in [5, 5.41) is 2.90. The van der Waals surface area contributed by atoms with Crippen LogP contribution < -0.4 is 11.1 Å². The molecule has 3 rings (SSSR count). The van der Waals surface area contributed by atoms with E-state index in [2.05, 4.69) is 5.32 Å². The maximum atomic E-state index is 13.7. The highest BCUT2D eigenvalue weighted by molar-refractivity contribution is 5.94. The molecule has 0 aliphatic carbocycles. The number of rotatable bonds is 7. The van der Waals surface area contributed by atoms with Crippen LogP contribution in [-0.2, 0) is 11.2 Å². The molecule has 1 heterocycles. The minimum atomic E-state index is -0.411. The Labute approximate surface area is 158 Å². The van der Waals surface area contributed by atoms with Crippen molar-refractivity contribution in [2.75, 3.05) is 19.6 Å². The second-order valence-corrected chi connectivity index (χ2v) is 7.00. The molecular formula is C21H24FN3O2. The third-order valence-corrected chi connectivity index (χ3v) is 4.77. The first-order chi connectivity index (χ1) is 13.0. The van der Waals surface area contributed by atoms with E-state index in [9.17, 15) is 14.0 Å². The summed E-state index contributed by atoms with van der Waals surface area (Å²) in [7, 11) is 0. The Morgan fingerprint density at radius 2 is 1.78 bits per heavy atom. The lowest BCUT2D eigenvalue weighted by molar-refractivity contribution is -0.137. The Balaban J connectivity index is 1.37. The first-order valence-electron chi connectivity index (χ1n) is 9.13. The fourth-order valence-corrected chi connectivity index (χ4v) is 3.20. The van der Waals surface area contributed by atoms with Gasteiger partial charge in [-0.2, -0.15) is 0 Å². The summed E-state index contributed by atoms with van der Waals surface area (Å²) in [6, 6.07) is 15.1. The van der Waals surface area contributed by atoms with E-state index in [4.69, 9.17) is 5.73 Å². The average molecular weight is 369 g/mol. The second kappa shape index (κ2) is 8.77. The second-order valence-electron chi connectivity index (χ2n) is 7.00. The van der Waals surface area contributed by atoms with E-state index >= 15 is 0 Å². The van der Waals surface area contributed by atoms with Crippen molar-refractivity contribution in [1.29, 1.82) is 0 Å². The number of nitrogens with zero attached hydrogens (tertiary/aromatic N) is 1. The highest BCUT2D eigenvalue weighted by Crippen LogP contribution is 2.17. The van der Waals surface area contributed by atoms with Crippen molar-refractivity contribution >= 4 is 11.8 Å². The Kier molecular flexibility index (Phi) is 6.19. The highest BCUT2D eigenvalue weighted by Gasteiger charge is 2.31. The zero-order valence-corrected chi connectivity index (χ0v) is 15.1. The van der Waals surface area contributed by atoms with E-state index in [0.29, 0.717) is 37.2 Å². The quantitative estimate of drug-likeness (QED) is 0.784. The van der Waals surface area contributed by atoms with Crippen LogP contribution in [0, 0.1) is 11.7 Å². The molecule has 1 saturated heterocycles. The molecule has 1 unspecified atom stereocenters. The van der Waals surface area contributed by atoms with Gasteiger partial charge in [0, 0.05) is 43.6 Å². The van der Waals surface area contributed by atoms with Gasteiger partial charge in [-0.05, 0) is 30.2 Å². The van der Waals surface area contributed by atoms with Gasteiger partial charge in [0.15, 0.2) is 0 Å². The molecule has 5 nitrogen and oxygen atoms in total. The van der Waals surface area contributed by atoms with E-state index in [1.807, 2.05) is 18.2 Å². The minimum absolute atomic E-state index is 0.0236. The van der Waals surface area contributed by atoms with Crippen molar-refractivity contribution < 1.29 is 14.0 Å². The molecule has 142 valence electrons. The van der Waals surface area contributed by atoms with Gasteiger partial charge in [-0.15, -0.1) is 0 Å². The van der Waals surface area contributed by atoms with Crippen molar-refractivity contribution in [2.24, 2.45) is 11.7 Å². The van der Waals surface area contributed by atoms with Gasteiger partial charge >= 0.3 is 0 Å². The zero-order valence-electron chi connectivity index (χ0n) is 15.1. The molecule has 0 spiro atoms. The molecule has 3 N–H and O–H groups in total. The van der Waals surface area contributed by atoms with Crippen molar-refractivity contribution in [3.05, 3.63) is 71.5 Å². The van der Waals surface area contributed by atoms with Crippen molar-refractivity contribution in [3.63, 3.8) is 0 Å². The fraction of sp³-hybridized carbons (Fsp3) is 0.333. The first-order valence-corrected chi connectivity index (χ1v) is 9.13. The number of hydrogen-bond acceptors (Lipinski definition) is 3.